The lowest BCUT2D eigenvalue weighted by molar-refractivity contribution is 0.0895. The molecule has 1 rings (SSSR count). The average molecular weight is 237 g/mol. The van der Waals surface area contributed by atoms with Gasteiger partial charge in [0.05, 0.1) is 18.2 Å². The molecule has 3 N–H and O–H groups in total. The number of nitrogen functional groups attached to an aromatic ring is 1. The standard InChI is InChI=1S/C12H19N3O2/c1-4-9(7-17-3)15-12(16)10-6-14-8(2)5-11(10)13/h5-6,9H,4,7H2,1-3H3,(H2,13,14)(H,15,16). The zero-order valence-corrected chi connectivity index (χ0v) is 10.5. The monoisotopic (exact) mass is 237 g/mol. The Morgan fingerprint density at radius 1 is 1.65 bits per heavy atom. The van der Waals surface area contributed by atoms with Gasteiger partial charge in [0.25, 0.3) is 5.91 Å². The lowest BCUT2D eigenvalue weighted by Gasteiger charge is -2.16. The van der Waals surface area contributed by atoms with Crippen LogP contribution >= 0.6 is 0 Å². The fraction of sp³-hybridized carbons (Fsp3) is 0.500. The van der Waals surface area contributed by atoms with E-state index in [9.17, 15) is 4.79 Å². The number of amides is 1. The van der Waals surface area contributed by atoms with E-state index in [0.29, 0.717) is 17.9 Å². The fourth-order valence-corrected chi connectivity index (χ4v) is 1.50. The first-order chi connectivity index (χ1) is 8.08. The predicted molar refractivity (Wildman–Crippen MR) is 66.8 cm³/mol. The molecule has 1 atom stereocenters. The van der Waals surface area contributed by atoms with Crippen molar-refractivity contribution in [3.63, 3.8) is 0 Å². The zero-order valence-electron chi connectivity index (χ0n) is 10.5. The zero-order chi connectivity index (χ0) is 12.8. The number of hydrogen-bond acceptors (Lipinski definition) is 4. The third-order valence-electron chi connectivity index (χ3n) is 2.51. The van der Waals surface area contributed by atoms with Gasteiger partial charge in [0.2, 0.25) is 0 Å². The summed E-state index contributed by atoms with van der Waals surface area (Å²) in [6.45, 7) is 4.31. The van der Waals surface area contributed by atoms with Gasteiger partial charge in [0.15, 0.2) is 0 Å². The van der Waals surface area contributed by atoms with Crippen molar-refractivity contribution in [1.29, 1.82) is 0 Å². The highest BCUT2D eigenvalue weighted by atomic mass is 16.5. The van der Waals surface area contributed by atoms with Crippen LogP contribution in [0.2, 0.25) is 0 Å². The molecule has 0 fully saturated rings. The number of anilines is 1. The van der Waals surface area contributed by atoms with Gasteiger partial charge >= 0.3 is 0 Å². The minimum atomic E-state index is -0.209. The molecule has 0 aromatic carbocycles. The van der Waals surface area contributed by atoms with E-state index in [2.05, 4.69) is 10.3 Å². The third-order valence-corrected chi connectivity index (χ3v) is 2.51. The van der Waals surface area contributed by atoms with Crippen molar-refractivity contribution >= 4 is 11.6 Å². The van der Waals surface area contributed by atoms with Gasteiger partial charge in [-0.25, -0.2) is 0 Å². The number of nitrogens with one attached hydrogen (secondary N) is 1. The lowest BCUT2D eigenvalue weighted by atomic mass is 10.1. The van der Waals surface area contributed by atoms with Crippen molar-refractivity contribution in [2.24, 2.45) is 0 Å². The minimum absolute atomic E-state index is 0.00629. The van der Waals surface area contributed by atoms with E-state index in [1.807, 2.05) is 13.8 Å². The molecule has 0 aliphatic heterocycles. The highest BCUT2D eigenvalue weighted by Gasteiger charge is 2.14. The molecule has 0 aliphatic rings. The number of nitrogens with zero attached hydrogens (tertiary/aromatic N) is 1. The van der Waals surface area contributed by atoms with Crippen LogP contribution in [0.1, 0.15) is 29.4 Å². The maximum Gasteiger partial charge on any atom is 0.255 e. The van der Waals surface area contributed by atoms with E-state index in [1.54, 1.807) is 13.2 Å². The van der Waals surface area contributed by atoms with Gasteiger partial charge in [0.1, 0.15) is 0 Å². The summed E-state index contributed by atoms with van der Waals surface area (Å²) in [5.74, 6) is -0.209. The van der Waals surface area contributed by atoms with E-state index in [4.69, 9.17) is 10.5 Å². The summed E-state index contributed by atoms with van der Waals surface area (Å²) in [5, 5.41) is 2.86. The molecule has 1 aromatic rings. The van der Waals surface area contributed by atoms with Gasteiger partial charge < -0.3 is 15.8 Å². The second-order valence-corrected chi connectivity index (χ2v) is 3.95. The molecular weight excluding hydrogens is 218 g/mol. The summed E-state index contributed by atoms with van der Waals surface area (Å²) < 4.78 is 5.02. The number of carbonyl (C=O) groups excluding carboxylic acids is 1. The Bertz CT molecular complexity index is 393. The smallest absolute Gasteiger partial charge is 0.255 e. The molecule has 0 spiro atoms. The highest BCUT2D eigenvalue weighted by Crippen LogP contribution is 2.11. The third kappa shape index (κ3) is 3.71. The Morgan fingerprint density at radius 3 is 2.88 bits per heavy atom. The molecule has 1 aromatic heterocycles. The SMILES string of the molecule is CCC(COC)NC(=O)c1cnc(C)cc1N. The number of pyridine rings is 1. The first-order valence-corrected chi connectivity index (χ1v) is 5.60. The number of aryl methyl sites for hydroxylation is 1. The molecule has 0 bridgehead atoms. The molecule has 0 saturated heterocycles. The summed E-state index contributed by atoms with van der Waals surface area (Å²) >= 11 is 0. The fourth-order valence-electron chi connectivity index (χ4n) is 1.50. The van der Waals surface area contributed by atoms with Crippen LogP contribution in [-0.2, 0) is 4.74 Å². The predicted octanol–water partition coefficient (Wildman–Crippen LogP) is 1.13. The van der Waals surface area contributed by atoms with Gasteiger partial charge in [-0.05, 0) is 19.4 Å². The topological polar surface area (TPSA) is 77.2 Å². The van der Waals surface area contributed by atoms with Gasteiger partial charge in [0, 0.05) is 24.7 Å². The lowest BCUT2D eigenvalue weighted by Crippen LogP contribution is -2.37. The number of methoxy groups -OCH3 is 1. The molecule has 5 heteroatoms. The van der Waals surface area contributed by atoms with Crippen molar-refractivity contribution in [3.8, 4) is 0 Å². The summed E-state index contributed by atoms with van der Waals surface area (Å²) in [6.07, 6.45) is 2.30. The number of ether oxygens (including phenoxy) is 1. The Kier molecular flexibility index (Phi) is 4.90. The normalized spacial score (nSPS) is 12.2. The van der Waals surface area contributed by atoms with Crippen molar-refractivity contribution in [2.45, 2.75) is 26.3 Å². The van der Waals surface area contributed by atoms with Gasteiger partial charge in [-0.15, -0.1) is 0 Å². The van der Waals surface area contributed by atoms with Crippen molar-refractivity contribution in [2.75, 3.05) is 19.5 Å². The van der Waals surface area contributed by atoms with Gasteiger partial charge in [-0.2, -0.15) is 0 Å². The Balaban J connectivity index is 2.75. The molecule has 94 valence electrons. The van der Waals surface area contributed by atoms with Crippen LogP contribution in [0.3, 0.4) is 0 Å². The molecule has 0 aliphatic carbocycles. The van der Waals surface area contributed by atoms with E-state index >= 15 is 0 Å². The van der Waals surface area contributed by atoms with Crippen LogP contribution < -0.4 is 11.1 Å². The summed E-state index contributed by atoms with van der Waals surface area (Å²) in [4.78, 5) is 16.0. The maximum atomic E-state index is 11.9. The van der Waals surface area contributed by atoms with Crippen LogP contribution in [0, 0.1) is 6.92 Å². The minimum Gasteiger partial charge on any atom is -0.398 e. The van der Waals surface area contributed by atoms with Crippen molar-refractivity contribution < 1.29 is 9.53 Å². The first kappa shape index (κ1) is 13.4. The second kappa shape index (κ2) is 6.20. The molecule has 1 amide bonds. The summed E-state index contributed by atoms with van der Waals surface area (Å²) in [6, 6.07) is 1.68. The Hall–Kier alpha value is -1.62. The highest BCUT2D eigenvalue weighted by molar-refractivity contribution is 5.98. The van der Waals surface area contributed by atoms with E-state index in [1.165, 1.54) is 6.20 Å². The first-order valence-electron chi connectivity index (χ1n) is 5.60. The number of nitrogens with two attached hydrogens (primary N) is 1. The average Bonchev–Trinajstić information content (AvgIpc) is 2.28. The number of hydrogen-bond donors (Lipinski definition) is 2. The Morgan fingerprint density at radius 2 is 2.35 bits per heavy atom. The van der Waals surface area contributed by atoms with Crippen molar-refractivity contribution in [3.05, 3.63) is 23.5 Å². The van der Waals surface area contributed by atoms with Crippen LogP contribution in [-0.4, -0.2) is 30.6 Å². The number of carbonyl (C=O) groups is 1. The quantitative estimate of drug-likeness (QED) is 0.804. The largest absolute Gasteiger partial charge is 0.398 e. The van der Waals surface area contributed by atoms with Crippen LogP contribution in [0.25, 0.3) is 0 Å². The van der Waals surface area contributed by atoms with Crippen LogP contribution in [0.4, 0.5) is 5.69 Å². The van der Waals surface area contributed by atoms with Crippen LogP contribution in [0.5, 0.6) is 0 Å². The van der Waals surface area contributed by atoms with E-state index in [0.717, 1.165) is 12.1 Å². The van der Waals surface area contributed by atoms with E-state index < -0.39 is 0 Å². The molecule has 17 heavy (non-hydrogen) atoms. The molecule has 5 nitrogen and oxygen atoms in total. The van der Waals surface area contributed by atoms with Gasteiger partial charge in [-0.3, -0.25) is 9.78 Å². The molecule has 1 unspecified atom stereocenters. The molecule has 0 radical (unpaired) electrons. The van der Waals surface area contributed by atoms with Gasteiger partial charge in [-0.1, -0.05) is 6.92 Å². The van der Waals surface area contributed by atoms with Crippen molar-refractivity contribution in [1.82, 2.24) is 10.3 Å². The molecule has 0 saturated carbocycles. The number of rotatable bonds is 5. The summed E-state index contributed by atoms with van der Waals surface area (Å²) in [5.41, 5.74) is 7.43. The molecule has 1 heterocycles. The Labute approximate surface area is 101 Å². The maximum absolute atomic E-state index is 11.9. The summed E-state index contributed by atoms with van der Waals surface area (Å²) in [7, 11) is 1.61. The molecular formula is C12H19N3O2. The van der Waals surface area contributed by atoms with Crippen LogP contribution in [0.15, 0.2) is 12.3 Å². The number of aromatic nitrogens is 1. The second-order valence-electron chi connectivity index (χ2n) is 3.95. The van der Waals surface area contributed by atoms with E-state index in [-0.39, 0.29) is 11.9 Å².